The van der Waals surface area contributed by atoms with Gasteiger partial charge in [-0.15, -0.1) is 0 Å². The van der Waals surface area contributed by atoms with Crippen molar-refractivity contribution in [2.45, 2.75) is 41.4 Å². The van der Waals surface area contributed by atoms with Crippen LogP contribution < -0.4 is 9.44 Å². The summed E-state index contributed by atoms with van der Waals surface area (Å²) in [6, 6.07) is 11.7. The summed E-state index contributed by atoms with van der Waals surface area (Å²) in [5.41, 5.74) is 0. The molecule has 0 heterocycles. The SMILES string of the molecule is CCCC(NS(=O)(=O)c1ccccc1)C(F)(NS(=O)(=O)c1ccccc1)C(=O)O. The molecule has 3 N–H and O–H groups in total. The maximum Gasteiger partial charge on any atom is 0.359 e. The lowest BCUT2D eigenvalue weighted by Crippen LogP contribution is -2.63. The van der Waals surface area contributed by atoms with Gasteiger partial charge in [-0.2, -0.15) is 4.72 Å². The van der Waals surface area contributed by atoms with E-state index in [0.29, 0.717) is 0 Å². The Morgan fingerprint density at radius 1 is 0.966 bits per heavy atom. The van der Waals surface area contributed by atoms with Crippen LogP contribution >= 0.6 is 0 Å². The number of hydrogen-bond acceptors (Lipinski definition) is 5. The molecule has 2 aromatic rings. The van der Waals surface area contributed by atoms with Crippen LogP contribution in [0.4, 0.5) is 4.39 Å². The summed E-state index contributed by atoms with van der Waals surface area (Å²) in [6.07, 6.45) is -0.0832. The van der Waals surface area contributed by atoms with Gasteiger partial charge in [-0.3, -0.25) is 0 Å². The van der Waals surface area contributed by atoms with Crippen LogP contribution in [0.15, 0.2) is 70.5 Å². The van der Waals surface area contributed by atoms with Crippen molar-refractivity contribution >= 4 is 26.0 Å². The molecule has 0 fully saturated rings. The van der Waals surface area contributed by atoms with Crippen molar-refractivity contribution in [3.05, 3.63) is 60.7 Å². The number of rotatable bonds is 10. The van der Waals surface area contributed by atoms with Gasteiger partial charge in [0.05, 0.1) is 15.8 Å². The number of hydrogen-bond donors (Lipinski definition) is 3. The standard InChI is InChI=1S/C18H21FN2O6S2/c1-2-9-16(20-28(24,25)14-10-5-3-6-11-14)18(19,17(22)23)21-29(26,27)15-12-7-4-8-13-15/h3-8,10-13,16,20-21H,2,9H2,1H3,(H,22,23). The average Bonchev–Trinajstić information content (AvgIpc) is 2.68. The lowest BCUT2D eigenvalue weighted by Gasteiger charge is -2.31. The quantitative estimate of drug-likeness (QED) is 0.480. The fraction of sp³-hybridized carbons (Fsp3) is 0.278. The van der Waals surface area contributed by atoms with Crippen LogP contribution in [0.25, 0.3) is 0 Å². The molecule has 0 aromatic heterocycles. The number of halogens is 1. The van der Waals surface area contributed by atoms with Gasteiger partial charge in [-0.05, 0) is 30.7 Å². The minimum absolute atomic E-state index is 0.188. The molecule has 0 aliphatic rings. The van der Waals surface area contributed by atoms with E-state index in [1.54, 1.807) is 13.0 Å². The summed E-state index contributed by atoms with van der Waals surface area (Å²) in [5, 5.41) is 9.47. The van der Waals surface area contributed by atoms with Crippen molar-refractivity contribution in [2.24, 2.45) is 0 Å². The highest BCUT2D eigenvalue weighted by atomic mass is 32.2. The molecular formula is C18H21FN2O6S2. The first kappa shape index (κ1) is 22.9. The summed E-state index contributed by atoms with van der Waals surface area (Å²) in [4.78, 5) is 11.2. The van der Waals surface area contributed by atoms with Crippen LogP contribution in [0, 0.1) is 0 Å². The molecular weight excluding hydrogens is 423 g/mol. The Kier molecular flexibility index (Phi) is 7.11. The molecule has 2 rings (SSSR count). The van der Waals surface area contributed by atoms with Gasteiger partial charge in [0, 0.05) is 0 Å². The highest BCUT2D eigenvalue weighted by Gasteiger charge is 2.51. The van der Waals surface area contributed by atoms with Gasteiger partial charge in [0.15, 0.2) is 0 Å². The van der Waals surface area contributed by atoms with Crippen LogP contribution in [0.1, 0.15) is 19.8 Å². The van der Waals surface area contributed by atoms with Crippen LogP contribution in [0.3, 0.4) is 0 Å². The molecule has 29 heavy (non-hydrogen) atoms. The molecule has 2 aromatic carbocycles. The third-order valence-electron chi connectivity index (χ3n) is 4.06. The molecule has 11 heteroatoms. The Labute approximate surface area is 168 Å². The van der Waals surface area contributed by atoms with Gasteiger partial charge < -0.3 is 5.11 Å². The van der Waals surface area contributed by atoms with Crippen molar-refractivity contribution in [1.29, 1.82) is 0 Å². The van der Waals surface area contributed by atoms with E-state index in [2.05, 4.69) is 0 Å². The molecule has 158 valence electrons. The Morgan fingerprint density at radius 2 is 1.41 bits per heavy atom. The second kappa shape index (κ2) is 8.99. The molecule has 0 amide bonds. The average molecular weight is 445 g/mol. The maximum absolute atomic E-state index is 15.6. The van der Waals surface area contributed by atoms with E-state index < -0.39 is 37.9 Å². The zero-order chi connectivity index (χ0) is 21.7. The Balaban J connectivity index is 2.44. The van der Waals surface area contributed by atoms with Crippen LogP contribution in [-0.2, 0) is 24.8 Å². The third kappa shape index (κ3) is 5.38. The minimum atomic E-state index is -4.59. The van der Waals surface area contributed by atoms with E-state index in [1.165, 1.54) is 47.2 Å². The van der Waals surface area contributed by atoms with Crippen molar-refractivity contribution in [3.8, 4) is 0 Å². The number of nitrogens with one attached hydrogen (secondary N) is 2. The highest BCUT2D eigenvalue weighted by Crippen LogP contribution is 2.24. The van der Waals surface area contributed by atoms with Crippen molar-refractivity contribution < 1.29 is 31.1 Å². The maximum atomic E-state index is 15.6. The summed E-state index contributed by atoms with van der Waals surface area (Å²) in [6.45, 7) is 1.58. The summed E-state index contributed by atoms with van der Waals surface area (Å²) < 4.78 is 69.3. The van der Waals surface area contributed by atoms with E-state index in [4.69, 9.17) is 0 Å². The third-order valence-corrected chi connectivity index (χ3v) is 7.00. The number of benzene rings is 2. The largest absolute Gasteiger partial charge is 0.478 e. The topological polar surface area (TPSA) is 130 Å². The first-order chi connectivity index (χ1) is 13.5. The molecule has 0 aliphatic heterocycles. The minimum Gasteiger partial charge on any atom is -0.478 e. The Hall–Kier alpha value is -2.34. The highest BCUT2D eigenvalue weighted by molar-refractivity contribution is 7.90. The lowest BCUT2D eigenvalue weighted by atomic mass is 10.0. The van der Waals surface area contributed by atoms with E-state index in [0.717, 1.165) is 12.1 Å². The molecule has 0 aliphatic carbocycles. The molecule has 0 bridgehead atoms. The molecule has 2 atom stereocenters. The lowest BCUT2D eigenvalue weighted by molar-refractivity contribution is -0.154. The van der Waals surface area contributed by atoms with Gasteiger partial charge >= 0.3 is 5.97 Å². The van der Waals surface area contributed by atoms with Crippen molar-refractivity contribution in [1.82, 2.24) is 9.44 Å². The Morgan fingerprint density at radius 3 is 1.83 bits per heavy atom. The van der Waals surface area contributed by atoms with Crippen LogP contribution in [-0.4, -0.2) is 39.7 Å². The molecule has 0 radical (unpaired) electrons. The molecule has 8 nitrogen and oxygen atoms in total. The van der Waals surface area contributed by atoms with Crippen molar-refractivity contribution in [3.63, 3.8) is 0 Å². The molecule has 0 saturated heterocycles. The Bertz CT molecular complexity index is 1050. The first-order valence-corrected chi connectivity index (χ1v) is 11.6. The van der Waals surface area contributed by atoms with Gasteiger partial charge in [0.2, 0.25) is 20.0 Å². The number of alkyl halides is 1. The number of carboxylic acid groups (broad SMARTS) is 1. The van der Waals surface area contributed by atoms with Crippen molar-refractivity contribution in [2.75, 3.05) is 0 Å². The molecule has 0 spiro atoms. The normalized spacial score (nSPS) is 15.4. The second-order valence-corrected chi connectivity index (χ2v) is 9.61. The monoisotopic (exact) mass is 444 g/mol. The zero-order valence-electron chi connectivity index (χ0n) is 15.4. The van der Waals surface area contributed by atoms with E-state index in [1.807, 2.05) is 4.72 Å². The summed E-state index contributed by atoms with van der Waals surface area (Å²) >= 11 is 0. The van der Waals surface area contributed by atoms with Gasteiger partial charge in [-0.1, -0.05) is 49.7 Å². The van der Waals surface area contributed by atoms with E-state index in [9.17, 15) is 26.7 Å². The number of aliphatic carboxylic acids is 1. The van der Waals surface area contributed by atoms with Crippen LogP contribution in [0.5, 0.6) is 0 Å². The number of carbonyl (C=O) groups is 1. The molecule has 0 saturated carbocycles. The van der Waals surface area contributed by atoms with Gasteiger partial charge in [0.25, 0.3) is 5.79 Å². The number of sulfonamides is 2. The summed E-state index contributed by atoms with van der Waals surface area (Å²) in [5.74, 6) is -5.78. The predicted octanol–water partition coefficient (Wildman–Crippen LogP) is 1.86. The fourth-order valence-electron chi connectivity index (χ4n) is 2.60. The predicted molar refractivity (Wildman–Crippen MR) is 104 cm³/mol. The first-order valence-electron chi connectivity index (χ1n) is 8.61. The molecule has 2 unspecified atom stereocenters. The second-order valence-electron chi connectivity index (χ2n) is 6.21. The summed E-state index contributed by atoms with van der Waals surface area (Å²) in [7, 11) is -8.89. The zero-order valence-corrected chi connectivity index (χ0v) is 17.1. The van der Waals surface area contributed by atoms with Gasteiger partial charge in [-0.25, -0.2) is 30.7 Å². The van der Waals surface area contributed by atoms with Gasteiger partial charge in [0.1, 0.15) is 0 Å². The number of carboxylic acids is 1. The van der Waals surface area contributed by atoms with E-state index >= 15 is 4.39 Å². The smallest absolute Gasteiger partial charge is 0.359 e. The van der Waals surface area contributed by atoms with Crippen LogP contribution in [0.2, 0.25) is 0 Å². The van der Waals surface area contributed by atoms with E-state index in [-0.39, 0.29) is 22.6 Å². The fourth-order valence-corrected chi connectivity index (χ4v) is 5.16.